The van der Waals surface area contributed by atoms with E-state index in [-0.39, 0.29) is 12.2 Å². The summed E-state index contributed by atoms with van der Waals surface area (Å²) in [4.78, 5) is 33.6. The molecule has 0 amide bonds. The number of carbonyl (C=O) groups is 1. The van der Waals surface area contributed by atoms with Crippen LogP contribution >= 0.6 is 22.9 Å². The lowest BCUT2D eigenvalue weighted by molar-refractivity contribution is -0.138. The number of nitrogens with zero attached hydrogens (tertiary/aromatic N) is 2. The van der Waals surface area contributed by atoms with Crippen LogP contribution < -0.4 is 19.6 Å². The summed E-state index contributed by atoms with van der Waals surface area (Å²) in [6.45, 7) is 2.29. The van der Waals surface area contributed by atoms with Gasteiger partial charge in [-0.3, -0.25) is 9.36 Å². The van der Waals surface area contributed by atoms with Gasteiger partial charge in [0.05, 0.1) is 28.5 Å². The molecule has 0 unspecified atom stereocenters. The molecule has 47 heavy (non-hydrogen) atoms. The third-order valence-corrected chi connectivity index (χ3v) is 9.24. The summed E-state index contributed by atoms with van der Waals surface area (Å²) in [6.07, 6.45) is 1.88. The highest BCUT2D eigenvalue weighted by atomic mass is 35.5. The van der Waals surface area contributed by atoms with Gasteiger partial charge in [0.2, 0.25) is 0 Å². The van der Waals surface area contributed by atoms with Crippen molar-refractivity contribution in [3.05, 3.63) is 174 Å². The monoisotopic (exact) mass is 656 g/mol. The van der Waals surface area contributed by atoms with Gasteiger partial charge in [-0.15, -0.1) is 0 Å². The van der Waals surface area contributed by atoms with Crippen LogP contribution in [0.15, 0.2) is 137 Å². The highest BCUT2D eigenvalue weighted by Crippen LogP contribution is 2.35. The van der Waals surface area contributed by atoms with Crippen molar-refractivity contribution in [3.8, 4) is 5.75 Å². The zero-order valence-electron chi connectivity index (χ0n) is 25.4. The first-order valence-electron chi connectivity index (χ1n) is 15.2. The summed E-state index contributed by atoms with van der Waals surface area (Å²) >= 11 is 7.38. The molecule has 0 saturated heterocycles. The highest BCUT2D eigenvalue weighted by Gasteiger charge is 2.35. The molecule has 1 atom stereocenters. The van der Waals surface area contributed by atoms with Gasteiger partial charge in [0, 0.05) is 16.1 Å². The van der Waals surface area contributed by atoms with E-state index in [1.54, 1.807) is 11.5 Å². The number of thiazole rings is 1. The fourth-order valence-electron chi connectivity index (χ4n) is 5.81. The Morgan fingerprint density at radius 2 is 1.60 bits per heavy atom. The molecule has 0 radical (unpaired) electrons. The molecule has 1 aliphatic heterocycles. The normalized spacial score (nSPS) is 14.5. The fourth-order valence-corrected chi connectivity index (χ4v) is 6.92. The lowest BCUT2D eigenvalue weighted by atomic mass is 9.93. The second kappa shape index (κ2) is 13.2. The van der Waals surface area contributed by atoms with Gasteiger partial charge in [-0.1, -0.05) is 126 Å². The number of rotatable bonds is 8. The van der Waals surface area contributed by atoms with Crippen molar-refractivity contribution in [3.63, 3.8) is 0 Å². The van der Waals surface area contributed by atoms with E-state index in [0.717, 1.165) is 33.0 Å². The molecule has 0 N–H and O–H groups in total. The molecule has 0 bridgehead atoms. The van der Waals surface area contributed by atoms with Crippen LogP contribution in [0.4, 0.5) is 0 Å². The second-order valence-corrected chi connectivity index (χ2v) is 12.4. The van der Waals surface area contributed by atoms with Gasteiger partial charge in [-0.2, -0.15) is 0 Å². The second-order valence-electron chi connectivity index (χ2n) is 11.0. The molecule has 1 aliphatic rings. The summed E-state index contributed by atoms with van der Waals surface area (Å²) in [5, 5.41) is 2.62. The minimum Gasteiger partial charge on any atom is -0.488 e. The summed E-state index contributed by atoms with van der Waals surface area (Å²) in [5.41, 5.74) is 3.85. The molecule has 6 nitrogen and oxygen atoms in total. The number of aromatic nitrogens is 1. The van der Waals surface area contributed by atoms with Crippen LogP contribution in [0.3, 0.4) is 0 Å². The zero-order valence-corrected chi connectivity index (χ0v) is 27.0. The van der Waals surface area contributed by atoms with Crippen LogP contribution in [0.2, 0.25) is 5.02 Å². The molecular weight excluding hydrogens is 628 g/mol. The molecule has 232 valence electrons. The number of fused-ring (bicyclic) bond motifs is 2. The Morgan fingerprint density at radius 3 is 2.34 bits per heavy atom. The maximum Gasteiger partial charge on any atom is 0.338 e. The summed E-state index contributed by atoms with van der Waals surface area (Å²) in [7, 11) is 0. The van der Waals surface area contributed by atoms with Crippen molar-refractivity contribution in [2.24, 2.45) is 4.99 Å². The molecule has 1 aromatic heterocycles. The van der Waals surface area contributed by atoms with E-state index in [1.807, 2.05) is 127 Å². The van der Waals surface area contributed by atoms with Crippen LogP contribution in [0.1, 0.15) is 35.2 Å². The zero-order chi connectivity index (χ0) is 32.3. The van der Waals surface area contributed by atoms with Crippen molar-refractivity contribution in [2.45, 2.75) is 19.6 Å². The predicted octanol–water partition coefficient (Wildman–Crippen LogP) is 7.32. The van der Waals surface area contributed by atoms with E-state index >= 15 is 0 Å². The molecule has 7 rings (SSSR count). The lowest BCUT2D eigenvalue weighted by Crippen LogP contribution is -2.40. The standard InChI is InChI=1S/C39H29ClN2O4S/c1-2-45-38(44)34-35(27-12-5-3-6-13-27)41-39-42(36(34)28-14-7-4-8-15-28)37(43)33(47-39)23-31-30-16-10-9-11-26(30)19-22-32(31)46-24-25-17-20-29(40)21-18-25/h3-23,36H,2,24H2,1H3/b33-23-/t36-/m0/s1. The number of ether oxygens (including phenoxy) is 2. The average molecular weight is 657 g/mol. The van der Waals surface area contributed by atoms with Crippen molar-refractivity contribution in [2.75, 3.05) is 6.61 Å². The molecule has 5 aromatic carbocycles. The smallest absolute Gasteiger partial charge is 0.338 e. The number of benzene rings is 5. The summed E-state index contributed by atoms with van der Waals surface area (Å²) < 4.78 is 14.0. The fraction of sp³-hybridized carbons (Fsp3) is 0.103. The van der Waals surface area contributed by atoms with Crippen molar-refractivity contribution >= 4 is 51.5 Å². The number of halogens is 1. The molecule has 0 fully saturated rings. The van der Waals surface area contributed by atoms with Crippen LogP contribution in [0, 0.1) is 0 Å². The van der Waals surface area contributed by atoms with Gasteiger partial charge < -0.3 is 9.47 Å². The van der Waals surface area contributed by atoms with Gasteiger partial charge in [-0.05, 0) is 53.1 Å². The minimum absolute atomic E-state index is 0.191. The predicted molar refractivity (Wildman–Crippen MR) is 187 cm³/mol. The van der Waals surface area contributed by atoms with E-state index in [1.165, 1.54) is 11.3 Å². The van der Waals surface area contributed by atoms with E-state index in [0.29, 0.717) is 38.0 Å². The van der Waals surface area contributed by atoms with Gasteiger partial charge in [-0.25, -0.2) is 9.79 Å². The minimum atomic E-state index is -0.739. The lowest BCUT2D eigenvalue weighted by Gasteiger charge is -2.25. The van der Waals surface area contributed by atoms with E-state index in [2.05, 4.69) is 0 Å². The van der Waals surface area contributed by atoms with Crippen molar-refractivity contribution in [1.29, 1.82) is 0 Å². The van der Waals surface area contributed by atoms with Crippen molar-refractivity contribution in [1.82, 2.24) is 4.57 Å². The Balaban J connectivity index is 1.45. The average Bonchev–Trinajstić information content (AvgIpc) is 3.42. The van der Waals surface area contributed by atoms with E-state index in [9.17, 15) is 9.59 Å². The van der Waals surface area contributed by atoms with E-state index < -0.39 is 12.0 Å². The van der Waals surface area contributed by atoms with Crippen molar-refractivity contribution < 1.29 is 14.3 Å². The third-order valence-electron chi connectivity index (χ3n) is 8.00. The molecule has 2 heterocycles. The molecular formula is C39H29ClN2O4S. The Bertz CT molecular complexity index is 2310. The third kappa shape index (κ3) is 6.03. The highest BCUT2D eigenvalue weighted by molar-refractivity contribution is 7.07. The Labute approximate surface area is 280 Å². The number of hydrogen-bond acceptors (Lipinski definition) is 6. The van der Waals surface area contributed by atoms with Crippen LogP contribution in [0.5, 0.6) is 5.75 Å². The van der Waals surface area contributed by atoms with Gasteiger partial charge >= 0.3 is 5.97 Å². The Kier molecular flexibility index (Phi) is 8.57. The molecule has 0 aliphatic carbocycles. The van der Waals surface area contributed by atoms with Crippen LogP contribution in [-0.2, 0) is 16.1 Å². The Morgan fingerprint density at radius 1 is 0.894 bits per heavy atom. The topological polar surface area (TPSA) is 69.9 Å². The summed E-state index contributed by atoms with van der Waals surface area (Å²) in [6, 6.07) is 37.8. The largest absolute Gasteiger partial charge is 0.488 e. The quantitative estimate of drug-likeness (QED) is 0.161. The van der Waals surface area contributed by atoms with Gasteiger partial charge in [0.25, 0.3) is 5.56 Å². The molecule has 8 heteroatoms. The first-order chi connectivity index (χ1) is 23.0. The Hall–Kier alpha value is -5.24. The van der Waals surface area contributed by atoms with Gasteiger partial charge in [0.1, 0.15) is 12.4 Å². The first-order valence-corrected chi connectivity index (χ1v) is 16.4. The maximum atomic E-state index is 14.5. The number of carbonyl (C=O) groups excluding carboxylic acids is 1. The summed E-state index contributed by atoms with van der Waals surface area (Å²) in [5.74, 6) is 0.131. The number of esters is 1. The first kappa shape index (κ1) is 30.4. The molecule has 6 aromatic rings. The molecule has 0 saturated carbocycles. The maximum absolute atomic E-state index is 14.5. The SMILES string of the molecule is CCOC(=O)C1=C(c2ccccc2)N=c2s/c(=C\c3c(OCc4ccc(Cl)cc4)ccc4ccccc34)c(=O)n2[C@H]1c1ccccc1. The number of hydrogen-bond donors (Lipinski definition) is 0. The van der Waals surface area contributed by atoms with Crippen LogP contribution in [0.25, 0.3) is 22.5 Å². The van der Waals surface area contributed by atoms with E-state index in [4.69, 9.17) is 26.1 Å². The molecule has 0 spiro atoms. The van der Waals surface area contributed by atoms with Gasteiger partial charge in [0.15, 0.2) is 4.80 Å². The van der Waals surface area contributed by atoms with Crippen LogP contribution in [-0.4, -0.2) is 17.1 Å².